The number of hydrogen-bond acceptors (Lipinski definition) is 3. The SMILES string of the molecule is COc1ccc(CC(=O)N2CCCC[C@H]2c2nc3ccccc3[nH]2)cc1. The van der Waals surface area contributed by atoms with E-state index in [4.69, 9.17) is 9.72 Å². The van der Waals surface area contributed by atoms with Gasteiger partial charge in [0.2, 0.25) is 5.91 Å². The van der Waals surface area contributed by atoms with Crippen LogP contribution in [0.15, 0.2) is 48.5 Å². The second-order valence-electron chi connectivity index (χ2n) is 6.76. The van der Waals surface area contributed by atoms with Crippen molar-refractivity contribution in [3.8, 4) is 5.75 Å². The first kappa shape index (κ1) is 16.6. The molecular weight excluding hydrogens is 326 g/mol. The minimum Gasteiger partial charge on any atom is -0.497 e. The fraction of sp³-hybridized carbons (Fsp3) is 0.333. The summed E-state index contributed by atoms with van der Waals surface area (Å²) in [6, 6.07) is 15.7. The Morgan fingerprint density at radius 2 is 2.00 bits per heavy atom. The summed E-state index contributed by atoms with van der Waals surface area (Å²) in [4.78, 5) is 23.1. The fourth-order valence-electron chi connectivity index (χ4n) is 3.66. The van der Waals surface area contributed by atoms with E-state index in [0.717, 1.165) is 54.0 Å². The first-order valence-corrected chi connectivity index (χ1v) is 9.11. The van der Waals surface area contributed by atoms with Crippen molar-refractivity contribution in [1.29, 1.82) is 0 Å². The van der Waals surface area contributed by atoms with Gasteiger partial charge in [-0.05, 0) is 49.1 Å². The Morgan fingerprint density at radius 3 is 2.77 bits per heavy atom. The van der Waals surface area contributed by atoms with Gasteiger partial charge in [-0.25, -0.2) is 4.98 Å². The highest BCUT2D eigenvalue weighted by molar-refractivity contribution is 5.80. The summed E-state index contributed by atoms with van der Waals surface area (Å²) >= 11 is 0. The molecule has 2 heterocycles. The van der Waals surface area contributed by atoms with Crippen LogP contribution >= 0.6 is 0 Å². The molecular formula is C21H23N3O2. The maximum absolute atomic E-state index is 13.0. The Bertz CT molecular complexity index is 868. The zero-order chi connectivity index (χ0) is 17.9. The van der Waals surface area contributed by atoms with Crippen molar-refractivity contribution in [2.75, 3.05) is 13.7 Å². The number of ether oxygens (including phenoxy) is 1. The summed E-state index contributed by atoms with van der Waals surface area (Å²) in [5.74, 6) is 1.86. The lowest BCUT2D eigenvalue weighted by Crippen LogP contribution is -2.39. The predicted molar refractivity (Wildman–Crippen MR) is 101 cm³/mol. The maximum atomic E-state index is 13.0. The summed E-state index contributed by atoms with van der Waals surface area (Å²) in [5.41, 5.74) is 2.98. The van der Waals surface area contributed by atoms with E-state index in [1.54, 1.807) is 7.11 Å². The molecule has 1 saturated heterocycles. The van der Waals surface area contributed by atoms with Crippen LogP contribution in [-0.2, 0) is 11.2 Å². The van der Waals surface area contributed by atoms with Crippen molar-refractivity contribution in [3.63, 3.8) is 0 Å². The summed E-state index contributed by atoms with van der Waals surface area (Å²) in [5, 5.41) is 0. The number of rotatable bonds is 4. The zero-order valence-electron chi connectivity index (χ0n) is 14.9. The van der Waals surface area contributed by atoms with Gasteiger partial charge in [-0.2, -0.15) is 0 Å². The third-order valence-electron chi connectivity index (χ3n) is 5.06. The van der Waals surface area contributed by atoms with Gasteiger partial charge in [-0.15, -0.1) is 0 Å². The molecule has 5 nitrogen and oxygen atoms in total. The van der Waals surface area contributed by atoms with Crippen LogP contribution in [0.1, 0.15) is 36.7 Å². The van der Waals surface area contributed by atoms with Gasteiger partial charge in [-0.3, -0.25) is 4.79 Å². The molecule has 1 aliphatic rings. The lowest BCUT2D eigenvalue weighted by Gasteiger charge is -2.34. The van der Waals surface area contributed by atoms with E-state index >= 15 is 0 Å². The number of nitrogens with zero attached hydrogens (tertiary/aromatic N) is 2. The third kappa shape index (κ3) is 3.29. The number of H-pyrrole nitrogens is 1. The number of imidazole rings is 1. The number of amides is 1. The Kier molecular flexibility index (Phi) is 4.61. The minimum atomic E-state index is 0.0295. The van der Waals surface area contributed by atoms with Crippen molar-refractivity contribution >= 4 is 16.9 Å². The third-order valence-corrected chi connectivity index (χ3v) is 5.06. The summed E-state index contributed by atoms with van der Waals surface area (Å²) < 4.78 is 5.19. The largest absolute Gasteiger partial charge is 0.497 e. The number of nitrogens with one attached hydrogen (secondary N) is 1. The summed E-state index contributed by atoms with van der Waals surface area (Å²) in [6.45, 7) is 0.788. The maximum Gasteiger partial charge on any atom is 0.227 e. The molecule has 26 heavy (non-hydrogen) atoms. The molecule has 1 N–H and O–H groups in total. The molecule has 1 atom stereocenters. The van der Waals surface area contributed by atoms with Crippen LogP contribution in [0.25, 0.3) is 11.0 Å². The van der Waals surface area contributed by atoms with Crippen LogP contribution < -0.4 is 4.74 Å². The van der Waals surface area contributed by atoms with Gasteiger partial charge in [0.15, 0.2) is 0 Å². The van der Waals surface area contributed by atoms with E-state index in [-0.39, 0.29) is 11.9 Å². The van der Waals surface area contributed by atoms with Crippen molar-refractivity contribution < 1.29 is 9.53 Å². The van der Waals surface area contributed by atoms with Crippen LogP contribution in [0.2, 0.25) is 0 Å². The van der Waals surface area contributed by atoms with Crippen molar-refractivity contribution in [1.82, 2.24) is 14.9 Å². The Balaban J connectivity index is 1.55. The fourth-order valence-corrected chi connectivity index (χ4v) is 3.66. The summed E-state index contributed by atoms with van der Waals surface area (Å²) in [7, 11) is 1.64. The standard InChI is InChI=1S/C21H23N3O2/c1-26-16-11-9-15(10-12-16)14-20(25)24-13-5-4-8-19(24)21-22-17-6-2-3-7-18(17)23-21/h2-3,6-7,9-12,19H,4-5,8,13-14H2,1H3,(H,22,23)/t19-/m0/s1. The normalized spacial score (nSPS) is 17.4. The molecule has 1 amide bonds. The molecule has 0 saturated carbocycles. The summed E-state index contributed by atoms with van der Waals surface area (Å²) in [6.07, 6.45) is 3.52. The topological polar surface area (TPSA) is 58.2 Å². The number of methoxy groups -OCH3 is 1. The van der Waals surface area contributed by atoms with Crippen LogP contribution in [0.4, 0.5) is 0 Å². The van der Waals surface area contributed by atoms with Crippen LogP contribution in [0.5, 0.6) is 5.75 Å². The number of hydrogen-bond donors (Lipinski definition) is 1. The highest BCUT2D eigenvalue weighted by atomic mass is 16.5. The molecule has 1 fully saturated rings. The highest BCUT2D eigenvalue weighted by Crippen LogP contribution is 2.31. The van der Waals surface area contributed by atoms with Gasteiger partial charge in [0.25, 0.3) is 0 Å². The van der Waals surface area contributed by atoms with Gasteiger partial charge in [-0.1, -0.05) is 24.3 Å². The molecule has 0 bridgehead atoms. The Morgan fingerprint density at radius 1 is 1.19 bits per heavy atom. The molecule has 2 aromatic carbocycles. The number of aromatic nitrogens is 2. The number of para-hydroxylation sites is 2. The first-order valence-electron chi connectivity index (χ1n) is 9.11. The molecule has 1 aromatic heterocycles. The molecule has 0 aliphatic carbocycles. The number of carbonyl (C=O) groups is 1. The molecule has 3 aromatic rings. The van der Waals surface area contributed by atoms with Gasteiger partial charge in [0.1, 0.15) is 11.6 Å². The number of piperidine rings is 1. The van der Waals surface area contributed by atoms with Crippen LogP contribution in [-0.4, -0.2) is 34.4 Å². The highest BCUT2D eigenvalue weighted by Gasteiger charge is 2.30. The number of aromatic amines is 1. The quantitative estimate of drug-likeness (QED) is 0.778. The number of fused-ring (bicyclic) bond motifs is 1. The second-order valence-corrected chi connectivity index (χ2v) is 6.76. The molecule has 0 spiro atoms. The van der Waals surface area contributed by atoms with Crippen LogP contribution in [0, 0.1) is 0 Å². The number of benzene rings is 2. The number of carbonyl (C=O) groups excluding carboxylic acids is 1. The zero-order valence-corrected chi connectivity index (χ0v) is 14.9. The van der Waals surface area contributed by atoms with Crippen molar-refractivity contribution in [2.45, 2.75) is 31.7 Å². The van der Waals surface area contributed by atoms with E-state index < -0.39 is 0 Å². The molecule has 1 aliphatic heterocycles. The van der Waals surface area contributed by atoms with E-state index in [9.17, 15) is 4.79 Å². The van der Waals surface area contributed by atoms with Gasteiger partial charge < -0.3 is 14.6 Å². The minimum absolute atomic E-state index is 0.0295. The van der Waals surface area contributed by atoms with Gasteiger partial charge >= 0.3 is 0 Å². The molecule has 0 radical (unpaired) electrons. The van der Waals surface area contributed by atoms with E-state index in [1.807, 2.05) is 53.4 Å². The van der Waals surface area contributed by atoms with Crippen molar-refractivity contribution in [3.05, 3.63) is 59.9 Å². The average molecular weight is 349 g/mol. The van der Waals surface area contributed by atoms with Gasteiger partial charge in [0.05, 0.1) is 30.6 Å². The second kappa shape index (κ2) is 7.20. The lowest BCUT2D eigenvalue weighted by molar-refractivity contribution is -0.134. The average Bonchev–Trinajstić information content (AvgIpc) is 3.12. The van der Waals surface area contributed by atoms with Gasteiger partial charge in [0, 0.05) is 6.54 Å². The molecule has 5 heteroatoms. The Hall–Kier alpha value is -2.82. The van der Waals surface area contributed by atoms with E-state index in [1.165, 1.54) is 0 Å². The first-order chi connectivity index (χ1) is 12.7. The monoisotopic (exact) mass is 349 g/mol. The Labute approximate surface area is 153 Å². The molecule has 4 rings (SSSR count). The van der Waals surface area contributed by atoms with E-state index in [2.05, 4.69) is 4.98 Å². The van der Waals surface area contributed by atoms with Crippen LogP contribution in [0.3, 0.4) is 0 Å². The van der Waals surface area contributed by atoms with E-state index in [0.29, 0.717) is 6.42 Å². The molecule has 134 valence electrons. The lowest BCUT2D eigenvalue weighted by atomic mass is 10.00. The number of likely N-dealkylation sites (tertiary alicyclic amines) is 1. The predicted octanol–water partition coefficient (Wildman–Crippen LogP) is 3.87. The van der Waals surface area contributed by atoms with Crippen molar-refractivity contribution in [2.24, 2.45) is 0 Å². The smallest absolute Gasteiger partial charge is 0.227 e. The molecule has 0 unspecified atom stereocenters.